The van der Waals surface area contributed by atoms with Gasteiger partial charge in [0.05, 0.1) is 12.1 Å². The molecule has 1 aromatic carbocycles. The lowest BCUT2D eigenvalue weighted by atomic mass is 9.97. The number of allylic oxidation sites excluding steroid dienone is 5. The predicted octanol–water partition coefficient (Wildman–Crippen LogP) is 3.44. The summed E-state index contributed by atoms with van der Waals surface area (Å²) in [5.74, 6) is 0.276. The van der Waals surface area contributed by atoms with E-state index in [-0.39, 0.29) is 22.2 Å². The van der Waals surface area contributed by atoms with E-state index in [2.05, 4.69) is 10.2 Å². The number of methoxy groups -OCH3 is 1. The van der Waals surface area contributed by atoms with Crippen molar-refractivity contribution in [2.45, 2.75) is 6.42 Å². The normalized spacial score (nSPS) is 13.0. The fourth-order valence-corrected chi connectivity index (χ4v) is 2.78. The Hall–Kier alpha value is -3.03. The van der Waals surface area contributed by atoms with E-state index >= 15 is 0 Å². The highest BCUT2D eigenvalue weighted by Crippen LogP contribution is 2.40. The zero-order valence-corrected chi connectivity index (χ0v) is 15.5. The number of aromatic nitrogens is 2. The summed E-state index contributed by atoms with van der Waals surface area (Å²) in [7, 11) is 2.58. The molecular weight excluding hydrogens is 372 g/mol. The first-order valence-electron chi connectivity index (χ1n) is 7.88. The van der Waals surface area contributed by atoms with Crippen LogP contribution >= 0.6 is 11.6 Å². The van der Waals surface area contributed by atoms with Gasteiger partial charge in [-0.1, -0.05) is 23.8 Å². The third kappa shape index (κ3) is 4.21. The number of aldehydes is 1. The molecule has 0 saturated carbocycles. The van der Waals surface area contributed by atoms with Gasteiger partial charge in [0, 0.05) is 24.3 Å². The van der Waals surface area contributed by atoms with E-state index in [1.54, 1.807) is 13.2 Å². The average molecular weight is 391 g/mol. The number of hydrogen-bond donors (Lipinski definition) is 4. The molecule has 142 valence electrons. The number of aromatic amines is 1. The number of nitrogens with one attached hydrogen (secondary N) is 1. The standard InChI is InChI=1S/C18H15ClN2O4.CH4O/c1-25-11-4-2-3-10(5-6-11)17-14(9-22)20-21-18(17)12-7-13(19)16(24)8-15(12)23;1-2/h3-9,23-24H,2H2,1H3,(H,20,21);2H,1H3. The summed E-state index contributed by atoms with van der Waals surface area (Å²) in [4.78, 5) is 11.4. The zero-order chi connectivity index (χ0) is 20.0. The fraction of sp³-hybridized carbons (Fsp3) is 0.158. The number of H-pyrrole nitrogens is 1. The molecule has 8 heteroatoms. The van der Waals surface area contributed by atoms with Crippen LogP contribution in [0.4, 0.5) is 0 Å². The Morgan fingerprint density at radius 2 is 1.93 bits per heavy atom. The summed E-state index contributed by atoms with van der Waals surface area (Å²) in [6.07, 6.45) is 8.68. The molecule has 0 radical (unpaired) electrons. The van der Waals surface area contributed by atoms with E-state index in [0.29, 0.717) is 35.3 Å². The van der Waals surface area contributed by atoms with Crippen LogP contribution in [0.3, 0.4) is 0 Å². The summed E-state index contributed by atoms with van der Waals surface area (Å²) in [6, 6.07) is 2.54. The van der Waals surface area contributed by atoms with Gasteiger partial charge in [-0.2, -0.15) is 5.10 Å². The Morgan fingerprint density at radius 3 is 2.59 bits per heavy atom. The Kier molecular flexibility index (Phi) is 6.81. The number of halogens is 1. The second-order valence-corrected chi connectivity index (χ2v) is 5.75. The first kappa shape index (κ1) is 20.3. The zero-order valence-electron chi connectivity index (χ0n) is 14.7. The SMILES string of the molecule is CO.COC1=CCC=C(c2c(-c3cc(Cl)c(O)cc3O)n[nH]c2C=O)C=C1. The number of nitrogens with zero attached hydrogens (tertiary/aromatic N) is 1. The van der Waals surface area contributed by atoms with Crippen molar-refractivity contribution >= 4 is 23.5 Å². The molecule has 0 spiro atoms. The molecule has 1 heterocycles. The van der Waals surface area contributed by atoms with Crippen LogP contribution < -0.4 is 0 Å². The van der Waals surface area contributed by atoms with Crippen LogP contribution in [0.1, 0.15) is 22.5 Å². The molecule has 0 amide bonds. The number of aliphatic hydroxyl groups is 1. The predicted molar refractivity (Wildman–Crippen MR) is 103 cm³/mol. The van der Waals surface area contributed by atoms with Crippen LogP contribution in [0.15, 0.2) is 42.2 Å². The van der Waals surface area contributed by atoms with Crippen molar-refractivity contribution in [1.82, 2.24) is 10.2 Å². The van der Waals surface area contributed by atoms with Crippen LogP contribution in [-0.4, -0.2) is 46.0 Å². The second-order valence-electron chi connectivity index (χ2n) is 5.34. The molecule has 0 aliphatic heterocycles. The summed E-state index contributed by atoms with van der Waals surface area (Å²) in [5.41, 5.74) is 2.22. The largest absolute Gasteiger partial charge is 0.507 e. The molecule has 1 aliphatic carbocycles. The summed E-state index contributed by atoms with van der Waals surface area (Å²) in [5, 5.41) is 33.7. The van der Waals surface area contributed by atoms with Gasteiger partial charge in [0.15, 0.2) is 6.29 Å². The van der Waals surface area contributed by atoms with Crippen molar-refractivity contribution in [3.8, 4) is 22.8 Å². The molecule has 0 atom stereocenters. The highest BCUT2D eigenvalue weighted by Gasteiger charge is 2.21. The van der Waals surface area contributed by atoms with Gasteiger partial charge in [0.2, 0.25) is 0 Å². The molecule has 1 aliphatic rings. The van der Waals surface area contributed by atoms with Crippen LogP contribution in [-0.2, 0) is 4.74 Å². The Morgan fingerprint density at radius 1 is 1.19 bits per heavy atom. The van der Waals surface area contributed by atoms with E-state index in [1.165, 1.54) is 6.07 Å². The quantitative estimate of drug-likeness (QED) is 0.594. The molecule has 0 fully saturated rings. The molecule has 4 N–H and O–H groups in total. The maximum atomic E-state index is 11.4. The number of hydrogen-bond acceptors (Lipinski definition) is 6. The van der Waals surface area contributed by atoms with Crippen LogP contribution in [0, 0.1) is 0 Å². The lowest BCUT2D eigenvalue weighted by molar-refractivity contribution is 0.111. The molecule has 0 bridgehead atoms. The Bertz CT molecular complexity index is 928. The van der Waals surface area contributed by atoms with Gasteiger partial charge >= 0.3 is 0 Å². The van der Waals surface area contributed by atoms with Gasteiger partial charge in [0.1, 0.15) is 28.6 Å². The first-order chi connectivity index (χ1) is 13.0. The van der Waals surface area contributed by atoms with Crippen molar-refractivity contribution in [2.24, 2.45) is 0 Å². The molecular formula is C19H19ClN2O5. The summed E-state index contributed by atoms with van der Waals surface area (Å²) < 4.78 is 5.22. The second kappa shape index (κ2) is 9.07. The molecule has 0 saturated heterocycles. The third-order valence-electron chi connectivity index (χ3n) is 3.84. The third-order valence-corrected chi connectivity index (χ3v) is 4.14. The van der Waals surface area contributed by atoms with Gasteiger partial charge < -0.3 is 20.1 Å². The van der Waals surface area contributed by atoms with Crippen molar-refractivity contribution < 1.29 is 24.9 Å². The minimum atomic E-state index is -0.238. The van der Waals surface area contributed by atoms with E-state index in [4.69, 9.17) is 21.4 Å². The van der Waals surface area contributed by atoms with Gasteiger partial charge in [-0.3, -0.25) is 9.89 Å². The van der Waals surface area contributed by atoms with Crippen molar-refractivity contribution in [2.75, 3.05) is 14.2 Å². The minimum Gasteiger partial charge on any atom is -0.507 e. The number of phenols is 2. The van der Waals surface area contributed by atoms with E-state index in [9.17, 15) is 15.0 Å². The van der Waals surface area contributed by atoms with Crippen LogP contribution in [0.25, 0.3) is 16.8 Å². The maximum Gasteiger partial charge on any atom is 0.168 e. The molecule has 2 aromatic rings. The first-order valence-corrected chi connectivity index (χ1v) is 8.25. The molecule has 27 heavy (non-hydrogen) atoms. The molecule has 3 rings (SSSR count). The van der Waals surface area contributed by atoms with Crippen LogP contribution in [0.2, 0.25) is 5.02 Å². The lowest BCUT2D eigenvalue weighted by Gasteiger charge is -2.08. The Balaban J connectivity index is 0.00000126. The fourth-order valence-electron chi connectivity index (χ4n) is 2.62. The number of benzene rings is 1. The monoisotopic (exact) mass is 390 g/mol. The number of carbonyl (C=O) groups excluding carboxylic acids is 1. The van der Waals surface area contributed by atoms with Gasteiger partial charge in [0.25, 0.3) is 0 Å². The number of ether oxygens (including phenoxy) is 1. The van der Waals surface area contributed by atoms with E-state index in [0.717, 1.165) is 18.7 Å². The topological polar surface area (TPSA) is 116 Å². The number of rotatable bonds is 4. The Labute approximate surface area is 160 Å². The highest BCUT2D eigenvalue weighted by atomic mass is 35.5. The molecule has 1 aromatic heterocycles. The average Bonchev–Trinajstić information content (AvgIpc) is 2.96. The van der Waals surface area contributed by atoms with Crippen molar-refractivity contribution in [3.05, 3.63) is 58.5 Å². The van der Waals surface area contributed by atoms with Gasteiger partial charge in [-0.25, -0.2) is 0 Å². The number of aliphatic hydroxyl groups excluding tert-OH is 1. The molecule has 7 nitrogen and oxygen atoms in total. The molecule has 0 unspecified atom stereocenters. The van der Waals surface area contributed by atoms with E-state index < -0.39 is 0 Å². The van der Waals surface area contributed by atoms with Crippen molar-refractivity contribution in [3.63, 3.8) is 0 Å². The van der Waals surface area contributed by atoms with Gasteiger partial charge in [-0.05, 0) is 30.2 Å². The number of phenolic OH excluding ortho intramolecular Hbond substituents is 2. The maximum absolute atomic E-state index is 11.4. The van der Waals surface area contributed by atoms with Crippen LogP contribution in [0.5, 0.6) is 11.5 Å². The smallest absolute Gasteiger partial charge is 0.168 e. The highest BCUT2D eigenvalue weighted by molar-refractivity contribution is 6.32. The van der Waals surface area contributed by atoms with E-state index in [1.807, 2.05) is 18.2 Å². The van der Waals surface area contributed by atoms with Crippen molar-refractivity contribution in [1.29, 1.82) is 0 Å². The lowest BCUT2D eigenvalue weighted by Crippen LogP contribution is -1.91. The summed E-state index contributed by atoms with van der Waals surface area (Å²) >= 11 is 5.96. The number of carbonyl (C=O) groups is 1. The van der Waals surface area contributed by atoms with Gasteiger partial charge in [-0.15, -0.1) is 0 Å². The summed E-state index contributed by atoms with van der Waals surface area (Å²) in [6.45, 7) is 0. The minimum absolute atomic E-state index is 0.0723. The number of aromatic hydroxyl groups is 2.